The minimum atomic E-state index is -0.194. The van der Waals surface area contributed by atoms with E-state index in [2.05, 4.69) is 42.0 Å². The Morgan fingerprint density at radius 1 is 1.38 bits per heavy atom. The second-order valence-electron chi connectivity index (χ2n) is 4.86. The number of hydrogen-bond acceptors (Lipinski definition) is 1. The van der Waals surface area contributed by atoms with Crippen molar-refractivity contribution in [3.8, 4) is 0 Å². The molecule has 1 N–H and O–H groups in total. The molecule has 0 amide bonds. The lowest BCUT2D eigenvalue weighted by Gasteiger charge is -2.25. The zero-order chi connectivity index (χ0) is 12.2. The summed E-state index contributed by atoms with van der Waals surface area (Å²) in [6, 6.07) is 4.90. The van der Waals surface area contributed by atoms with Gasteiger partial charge in [0.05, 0.1) is 0 Å². The average molecular weight is 288 g/mol. The van der Waals surface area contributed by atoms with E-state index in [0.717, 1.165) is 29.5 Å². The van der Waals surface area contributed by atoms with Crippen LogP contribution in [-0.4, -0.2) is 13.1 Å². The van der Waals surface area contributed by atoms with E-state index in [9.17, 15) is 4.39 Å². The van der Waals surface area contributed by atoms with E-state index >= 15 is 0 Å². The maximum atomic E-state index is 12.9. The quantitative estimate of drug-likeness (QED) is 0.869. The Balaban J connectivity index is 2.71. The fraction of sp³-hybridized carbons (Fsp3) is 0.538. The third kappa shape index (κ3) is 4.22. The molecule has 0 bridgehead atoms. The molecule has 0 fully saturated rings. The second-order valence-corrected chi connectivity index (χ2v) is 5.71. The minimum absolute atomic E-state index is 0.177. The number of rotatable bonds is 5. The van der Waals surface area contributed by atoms with Crippen LogP contribution in [0.5, 0.6) is 0 Å². The van der Waals surface area contributed by atoms with Gasteiger partial charge in [0.25, 0.3) is 0 Å². The monoisotopic (exact) mass is 287 g/mol. The Bertz CT molecular complexity index is 350. The van der Waals surface area contributed by atoms with Crippen molar-refractivity contribution in [1.29, 1.82) is 0 Å². The van der Waals surface area contributed by atoms with Gasteiger partial charge >= 0.3 is 0 Å². The van der Waals surface area contributed by atoms with Gasteiger partial charge in [-0.1, -0.05) is 42.8 Å². The third-order valence-electron chi connectivity index (χ3n) is 2.54. The SMILES string of the molecule is CCNCC(C)(C)Cc1ccc(F)cc1Br. The van der Waals surface area contributed by atoms with Gasteiger partial charge in [0.1, 0.15) is 5.82 Å². The van der Waals surface area contributed by atoms with Crippen molar-refractivity contribution in [2.75, 3.05) is 13.1 Å². The molecule has 90 valence electrons. The predicted octanol–water partition coefficient (Wildman–Crippen LogP) is 3.77. The van der Waals surface area contributed by atoms with E-state index in [1.54, 1.807) is 0 Å². The summed E-state index contributed by atoms with van der Waals surface area (Å²) in [5.74, 6) is -0.194. The maximum Gasteiger partial charge on any atom is 0.124 e. The van der Waals surface area contributed by atoms with Crippen LogP contribution < -0.4 is 5.32 Å². The molecule has 3 heteroatoms. The molecule has 0 aliphatic carbocycles. The molecule has 0 saturated heterocycles. The van der Waals surface area contributed by atoms with E-state index in [1.165, 1.54) is 12.1 Å². The van der Waals surface area contributed by atoms with Crippen molar-refractivity contribution >= 4 is 15.9 Å². The van der Waals surface area contributed by atoms with Crippen LogP contribution in [0.2, 0.25) is 0 Å². The summed E-state index contributed by atoms with van der Waals surface area (Å²) >= 11 is 3.41. The van der Waals surface area contributed by atoms with Gasteiger partial charge in [-0.3, -0.25) is 0 Å². The van der Waals surface area contributed by atoms with E-state index in [0.29, 0.717) is 0 Å². The second kappa shape index (κ2) is 5.78. The number of halogens is 2. The van der Waals surface area contributed by atoms with Crippen LogP contribution in [-0.2, 0) is 6.42 Å². The molecule has 0 aliphatic heterocycles. The molecule has 0 spiro atoms. The van der Waals surface area contributed by atoms with Crippen LogP contribution in [0.25, 0.3) is 0 Å². The van der Waals surface area contributed by atoms with Gasteiger partial charge in [-0.2, -0.15) is 0 Å². The van der Waals surface area contributed by atoms with Crippen molar-refractivity contribution in [3.05, 3.63) is 34.1 Å². The Labute approximate surface area is 106 Å². The molecule has 0 aliphatic rings. The first kappa shape index (κ1) is 13.7. The third-order valence-corrected chi connectivity index (χ3v) is 3.28. The molecule has 16 heavy (non-hydrogen) atoms. The van der Waals surface area contributed by atoms with Gasteiger partial charge < -0.3 is 5.32 Å². The highest BCUT2D eigenvalue weighted by atomic mass is 79.9. The minimum Gasteiger partial charge on any atom is -0.316 e. The van der Waals surface area contributed by atoms with Crippen LogP contribution in [0.15, 0.2) is 22.7 Å². The predicted molar refractivity (Wildman–Crippen MR) is 70.1 cm³/mol. The Morgan fingerprint density at radius 3 is 2.62 bits per heavy atom. The Hall–Kier alpha value is -0.410. The van der Waals surface area contributed by atoms with Crippen molar-refractivity contribution in [2.45, 2.75) is 27.2 Å². The smallest absolute Gasteiger partial charge is 0.124 e. The summed E-state index contributed by atoms with van der Waals surface area (Å²) in [7, 11) is 0. The van der Waals surface area contributed by atoms with Crippen LogP contribution >= 0.6 is 15.9 Å². The van der Waals surface area contributed by atoms with Crippen LogP contribution in [0.1, 0.15) is 26.3 Å². The van der Waals surface area contributed by atoms with Crippen molar-refractivity contribution in [3.63, 3.8) is 0 Å². The molecule has 0 saturated carbocycles. The van der Waals surface area contributed by atoms with Gasteiger partial charge in [-0.15, -0.1) is 0 Å². The summed E-state index contributed by atoms with van der Waals surface area (Å²) in [6.07, 6.45) is 0.931. The number of nitrogens with one attached hydrogen (secondary N) is 1. The number of hydrogen-bond donors (Lipinski definition) is 1. The maximum absolute atomic E-state index is 12.9. The van der Waals surface area contributed by atoms with Crippen LogP contribution in [0.4, 0.5) is 4.39 Å². The number of benzene rings is 1. The molecular formula is C13H19BrFN. The van der Waals surface area contributed by atoms with E-state index in [4.69, 9.17) is 0 Å². The first-order valence-corrected chi connectivity index (χ1v) is 6.38. The Kier molecular flexibility index (Phi) is 4.93. The largest absolute Gasteiger partial charge is 0.316 e. The molecule has 0 unspecified atom stereocenters. The molecular weight excluding hydrogens is 269 g/mol. The van der Waals surface area contributed by atoms with Crippen molar-refractivity contribution < 1.29 is 4.39 Å². The van der Waals surface area contributed by atoms with E-state index < -0.39 is 0 Å². The topological polar surface area (TPSA) is 12.0 Å². The standard InChI is InChI=1S/C13H19BrFN/c1-4-16-9-13(2,3)8-10-5-6-11(15)7-12(10)14/h5-7,16H,4,8-9H2,1-3H3. The summed E-state index contributed by atoms with van der Waals surface area (Å²) in [6.45, 7) is 8.47. The first-order valence-electron chi connectivity index (χ1n) is 5.59. The molecule has 1 nitrogen and oxygen atoms in total. The molecule has 0 atom stereocenters. The normalized spacial score (nSPS) is 11.8. The van der Waals surface area contributed by atoms with Crippen LogP contribution in [0, 0.1) is 11.2 Å². The van der Waals surface area contributed by atoms with Crippen molar-refractivity contribution in [1.82, 2.24) is 5.32 Å². The average Bonchev–Trinajstić information content (AvgIpc) is 2.19. The van der Waals surface area contributed by atoms with E-state index in [1.807, 2.05) is 6.07 Å². The Morgan fingerprint density at radius 2 is 2.06 bits per heavy atom. The lowest BCUT2D eigenvalue weighted by Crippen LogP contribution is -2.31. The van der Waals surface area contributed by atoms with Gasteiger partial charge in [0.2, 0.25) is 0 Å². The summed E-state index contributed by atoms with van der Waals surface area (Å²) < 4.78 is 13.8. The highest BCUT2D eigenvalue weighted by molar-refractivity contribution is 9.10. The molecule has 0 aromatic heterocycles. The fourth-order valence-electron chi connectivity index (χ4n) is 1.71. The zero-order valence-corrected chi connectivity index (χ0v) is 11.7. The molecule has 0 radical (unpaired) electrons. The summed E-state index contributed by atoms with van der Waals surface area (Å²) in [5, 5.41) is 3.35. The molecule has 0 heterocycles. The highest BCUT2D eigenvalue weighted by Crippen LogP contribution is 2.26. The summed E-state index contributed by atoms with van der Waals surface area (Å²) in [4.78, 5) is 0. The van der Waals surface area contributed by atoms with Gasteiger partial charge in [-0.25, -0.2) is 4.39 Å². The van der Waals surface area contributed by atoms with Crippen LogP contribution in [0.3, 0.4) is 0 Å². The van der Waals surface area contributed by atoms with E-state index in [-0.39, 0.29) is 11.2 Å². The molecule has 1 aromatic rings. The first-order chi connectivity index (χ1) is 7.44. The lowest BCUT2D eigenvalue weighted by molar-refractivity contribution is 0.341. The zero-order valence-electron chi connectivity index (χ0n) is 10.1. The van der Waals surface area contributed by atoms with Gasteiger partial charge in [0.15, 0.2) is 0 Å². The highest BCUT2D eigenvalue weighted by Gasteiger charge is 2.19. The molecule has 1 aromatic carbocycles. The molecule has 1 rings (SSSR count). The van der Waals surface area contributed by atoms with Gasteiger partial charge in [-0.05, 0) is 36.1 Å². The summed E-state index contributed by atoms with van der Waals surface area (Å²) in [5.41, 5.74) is 1.33. The van der Waals surface area contributed by atoms with Crippen molar-refractivity contribution in [2.24, 2.45) is 5.41 Å². The van der Waals surface area contributed by atoms with Gasteiger partial charge in [0, 0.05) is 11.0 Å². The lowest BCUT2D eigenvalue weighted by atomic mass is 9.85. The fourth-order valence-corrected chi connectivity index (χ4v) is 2.20.